The zero-order valence-corrected chi connectivity index (χ0v) is 11.6. The van der Waals surface area contributed by atoms with Crippen LogP contribution in [0.15, 0.2) is 54.6 Å². The summed E-state index contributed by atoms with van der Waals surface area (Å²) < 4.78 is 0. The lowest BCUT2D eigenvalue weighted by Crippen LogP contribution is -1.96. The van der Waals surface area contributed by atoms with Gasteiger partial charge in [0.05, 0.1) is 0 Å². The van der Waals surface area contributed by atoms with E-state index in [-0.39, 0.29) is 5.78 Å². The number of hydrogen-bond acceptors (Lipinski definition) is 1. The molecule has 5 rings (SSSR count). The Morgan fingerprint density at radius 2 is 1.43 bits per heavy atom. The summed E-state index contributed by atoms with van der Waals surface area (Å²) in [5.74, 6) is 0.143. The lowest BCUT2D eigenvalue weighted by molar-refractivity contribution is 0.105. The van der Waals surface area contributed by atoms with Gasteiger partial charge in [-0.2, -0.15) is 0 Å². The van der Waals surface area contributed by atoms with E-state index in [4.69, 9.17) is 0 Å². The summed E-state index contributed by atoms with van der Waals surface area (Å²) in [6.07, 6.45) is 1.76. The maximum atomic E-state index is 12.4. The molecule has 0 heterocycles. The Morgan fingerprint density at radius 3 is 2.24 bits per heavy atom. The van der Waals surface area contributed by atoms with Crippen molar-refractivity contribution in [3.8, 4) is 22.3 Å². The first kappa shape index (κ1) is 11.0. The number of carbonyl (C=O) groups excluding carboxylic acids is 1. The second-order valence-corrected chi connectivity index (χ2v) is 5.81. The molecule has 0 N–H and O–H groups in total. The molecular weight excluding hydrogens is 256 g/mol. The molecule has 3 aromatic rings. The fourth-order valence-corrected chi connectivity index (χ4v) is 3.81. The topological polar surface area (TPSA) is 17.1 Å². The van der Waals surface area contributed by atoms with E-state index in [1.54, 1.807) is 6.08 Å². The van der Waals surface area contributed by atoms with E-state index in [0.717, 1.165) is 22.3 Å². The first-order chi connectivity index (χ1) is 10.3. The van der Waals surface area contributed by atoms with Gasteiger partial charge < -0.3 is 0 Å². The molecular formula is C20H12O. The normalized spacial score (nSPS) is 14.3. The summed E-state index contributed by atoms with van der Waals surface area (Å²) >= 11 is 0. The van der Waals surface area contributed by atoms with Gasteiger partial charge in [-0.05, 0) is 51.6 Å². The molecule has 0 saturated carbocycles. The molecule has 0 saturated heterocycles. The van der Waals surface area contributed by atoms with Crippen molar-refractivity contribution in [2.24, 2.45) is 0 Å². The lowest BCUT2D eigenvalue weighted by Gasteiger charge is -2.09. The molecule has 0 radical (unpaired) electrons. The summed E-state index contributed by atoms with van der Waals surface area (Å²) in [4.78, 5) is 12.4. The van der Waals surface area contributed by atoms with Crippen LogP contribution in [-0.2, 0) is 0 Å². The van der Waals surface area contributed by atoms with E-state index in [1.165, 1.54) is 27.5 Å². The predicted molar refractivity (Wildman–Crippen MR) is 86.4 cm³/mol. The number of ketones is 1. The summed E-state index contributed by atoms with van der Waals surface area (Å²) in [6, 6.07) is 17.0. The van der Waals surface area contributed by atoms with Gasteiger partial charge in [0, 0.05) is 11.1 Å². The van der Waals surface area contributed by atoms with Gasteiger partial charge in [0.2, 0.25) is 0 Å². The van der Waals surface area contributed by atoms with Gasteiger partial charge in [0.1, 0.15) is 0 Å². The average Bonchev–Trinajstić information content (AvgIpc) is 2.98. The molecule has 21 heavy (non-hydrogen) atoms. The maximum Gasteiger partial charge on any atom is 0.187 e. The van der Waals surface area contributed by atoms with Crippen LogP contribution in [0.25, 0.3) is 38.6 Å². The Hall–Kier alpha value is -2.67. The zero-order chi connectivity index (χ0) is 14.1. The second kappa shape index (κ2) is 3.50. The molecule has 0 aliphatic heterocycles. The molecule has 1 nitrogen and oxygen atoms in total. The zero-order valence-electron chi connectivity index (χ0n) is 11.6. The predicted octanol–water partition coefficient (Wildman–Crippen LogP) is 5.09. The Bertz CT molecular complexity index is 1000. The molecule has 0 bridgehead atoms. The third-order valence-corrected chi connectivity index (χ3v) is 4.69. The summed E-state index contributed by atoms with van der Waals surface area (Å²) in [5.41, 5.74) is 7.80. The molecule has 98 valence electrons. The van der Waals surface area contributed by atoms with E-state index in [9.17, 15) is 4.79 Å². The molecule has 2 aliphatic carbocycles. The van der Waals surface area contributed by atoms with Gasteiger partial charge in [-0.15, -0.1) is 0 Å². The van der Waals surface area contributed by atoms with Crippen molar-refractivity contribution in [3.05, 3.63) is 65.7 Å². The van der Waals surface area contributed by atoms with Crippen LogP contribution in [0, 0.1) is 0 Å². The number of carbonyl (C=O) groups is 1. The molecule has 0 atom stereocenters. The largest absolute Gasteiger partial charge is 0.289 e. The van der Waals surface area contributed by atoms with Gasteiger partial charge in [0.25, 0.3) is 0 Å². The molecule has 3 aromatic carbocycles. The minimum Gasteiger partial charge on any atom is -0.289 e. The van der Waals surface area contributed by atoms with Gasteiger partial charge in [0.15, 0.2) is 5.78 Å². The van der Waals surface area contributed by atoms with Gasteiger partial charge in [-0.1, -0.05) is 48.5 Å². The SMILES string of the molecule is CC1=CC(=O)c2c1ccc1c2-c2cccc3cccc-1c23. The smallest absolute Gasteiger partial charge is 0.187 e. The summed E-state index contributed by atoms with van der Waals surface area (Å²) in [7, 11) is 0. The van der Waals surface area contributed by atoms with Crippen LogP contribution in [0.1, 0.15) is 22.8 Å². The van der Waals surface area contributed by atoms with Crippen molar-refractivity contribution in [1.29, 1.82) is 0 Å². The van der Waals surface area contributed by atoms with E-state index in [1.807, 2.05) is 6.92 Å². The van der Waals surface area contributed by atoms with E-state index < -0.39 is 0 Å². The lowest BCUT2D eigenvalue weighted by atomic mass is 9.93. The molecule has 0 spiro atoms. The van der Waals surface area contributed by atoms with E-state index in [2.05, 4.69) is 48.5 Å². The van der Waals surface area contributed by atoms with Crippen molar-refractivity contribution in [2.45, 2.75) is 6.92 Å². The second-order valence-electron chi connectivity index (χ2n) is 5.81. The van der Waals surface area contributed by atoms with Crippen molar-refractivity contribution in [3.63, 3.8) is 0 Å². The number of rotatable bonds is 0. The Kier molecular flexibility index (Phi) is 1.84. The minimum atomic E-state index is 0.143. The molecule has 0 unspecified atom stereocenters. The number of benzene rings is 3. The quantitative estimate of drug-likeness (QED) is 0.434. The highest BCUT2D eigenvalue weighted by Crippen LogP contribution is 2.50. The minimum absolute atomic E-state index is 0.143. The van der Waals surface area contributed by atoms with E-state index in [0.29, 0.717) is 0 Å². The third-order valence-electron chi connectivity index (χ3n) is 4.69. The molecule has 0 amide bonds. The monoisotopic (exact) mass is 268 g/mol. The van der Waals surface area contributed by atoms with Crippen molar-refractivity contribution in [1.82, 2.24) is 0 Å². The maximum absolute atomic E-state index is 12.4. The highest BCUT2D eigenvalue weighted by Gasteiger charge is 2.30. The fourth-order valence-electron chi connectivity index (χ4n) is 3.81. The van der Waals surface area contributed by atoms with Gasteiger partial charge in [-0.3, -0.25) is 4.79 Å². The third kappa shape index (κ3) is 1.20. The number of allylic oxidation sites excluding steroid dienone is 2. The van der Waals surface area contributed by atoms with Crippen LogP contribution in [0.2, 0.25) is 0 Å². The Morgan fingerprint density at radius 1 is 0.714 bits per heavy atom. The van der Waals surface area contributed by atoms with Crippen molar-refractivity contribution < 1.29 is 4.79 Å². The first-order valence-electron chi connectivity index (χ1n) is 7.18. The Labute approximate surface area is 122 Å². The number of fused-ring (bicyclic) bond motifs is 5. The molecule has 1 heteroatoms. The van der Waals surface area contributed by atoms with Crippen molar-refractivity contribution in [2.75, 3.05) is 0 Å². The van der Waals surface area contributed by atoms with E-state index >= 15 is 0 Å². The highest BCUT2D eigenvalue weighted by atomic mass is 16.1. The molecule has 0 fully saturated rings. The van der Waals surface area contributed by atoms with Crippen LogP contribution in [0.3, 0.4) is 0 Å². The van der Waals surface area contributed by atoms with Crippen LogP contribution < -0.4 is 0 Å². The first-order valence-corrected chi connectivity index (χ1v) is 7.18. The number of hydrogen-bond donors (Lipinski definition) is 0. The van der Waals surface area contributed by atoms with Crippen LogP contribution in [-0.4, -0.2) is 5.78 Å². The standard InChI is InChI=1S/C20H12O/c1-11-10-17(21)20-13(11)8-9-15-14-6-2-4-12-5-3-7-16(18(12)14)19(15)20/h2-10H,1H3. The molecule has 0 aromatic heterocycles. The average molecular weight is 268 g/mol. The Balaban J connectivity index is 2.01. The van der Waals surface area contributed by atoms with Crippen LogP contribution in [0.5, 0.6) is 0 Å². The summed E-state index contributed by atoms with van der Waals surface area (Å²) in [6.45, 7) is 2.01. The fraction of sp³-hybridized carbons (Fsp3) is 0.0500. The van der Waals surface area contributed by atoms with Gasteiger partial charge in [-0.25, -0.2) is 0 Å². The summed E-state index contributed by atoms with van der Waals surface area (Å²) in [5, 5.41) is 2.52. The molecule has 2 aliphatic rings. The van der Waals surface area contributed by atoms with Crippen LogP contribution >= 0.6 is 0 Å². The van der Waals surface area contributed by atoms with Crippen molar-refractivity contribution >= 4 is 22.1 Å². The van der Waals surface area contributed by atoms with Crippen LogP contribution in [0.4, 0.5) is 0 Å². The van der Waals surface area contributed by atoms with Gasteiger partial charge >= 0.3 is 0 Å². The highest BCUT2D eigenvalue weighted by molar-refractivity contribution is 6.26.